The molecule has 0 aliphatic heterocycles. The summed E-state index contributed by atoms with van der Waals surface area (Å²) in [5.41, 5.74) is 0. The summed E-state index contributed by atoms with van der Waals surface area (Å²) < 4.78 is 25.1. The fraction of sp³-hybridized carbons (Fsp3) is 0.875. The third-order valence-electron chi connectivity index (χ3n) is 2.45. The fourth-order valence-electron chi connectivity index (χ4n) is 1.38. The van der Waals surface area contributed by atoms with E-state index in [1.165, 1.54) is 0 Å². The molecule has 82 valence electrons. The minimum absolute atomic E-state index is 0.384. The quantitative estimate of drug-likeness (QED) is 0.599. The molecule has 0 bridgehead atoms. The van der Waals surface area contributed by atoms with Gasteiger partial charge in [0, 0.05) is 6.04 Å². The molecule has 1 saturated carbocycles. The molecule has 0 aromatic rings. The van der Waals surface area contributed by atoms with Crippen LogP contribution in [-0.2, 0) is 4.79 Å². The predicted molar refractivity (Wildman–Crippen MR) is 44.2 cm³/mol. The number of nitrogens with one attached hydrogen (secondary N) is 1. The van der Waals surface area contributed by atoms with Gasteiger partial charge in [0.05, 0.1) is 12.5 Å². The second kappa shape index (κ2) is 4.18. The van der Waals surface area contributed by atoms with Crippen LogP contribution in [0.25, 0.3) is 0 Å². The molecule has 0 aromatic heterocycles. The van der Waals surface area contributed by atoms with E-state index in [-0.39, 0.29) is 6.04 Å². The van der Waals surface area contributed by atoms with Gasteiger partial charge < -0.3 is 15.5 Å². The van der Waals surface area contributed by atoms with Crippen molar-refractivity contribution in [1.82, 2.24) is 5.32 Å². The van der Waals surface area contributed by atoms with Crippen molar-refractivity contribution in [2.24, 2.45) is 5.92 Å². The first-order valence-corrected chi connectivity index (χ1v) is 4.41. The summed E-state index contributed by atoms with van der Waals surface area (Å²) in [6, 6.07) is -0.384. The zero-order chi connectivity index (χ0) is 10.8. The first kappa shape index (κ1) is 11.3. The maximum absolute atomic E-state index is 12.5. The standard InChI is InChI=1S/C8H13F2NO3/c9-8(10,4-12)3-11-6-2-1-5(6)7(13)14/h5-6,11-12H,1-4H2,(H,13,14). The van der Waals surface area contributed by atoms with Crippen LogP contribution >= 0.6 is 0 Å². The zero-order valence-corrected chi connectivity index (χ0v) is 7.54. The van der Waals surface area contributed by atoms with Gasteiger partial charge in [-0.2, -0.15) is 0 Å². The number of carboxylic acids is 1. The molecule has 0 radical (unpaired) electrons. The molecule has 6 heteroatoms. The van der Waals surface area contributed by atoms with Gasteiger partial charge in [-0.1, -0.05) is 0 Å². The van der Waals surface area contributed by atoms with E-state index in [9.17, 15) is 13.6 Å². The van der Waals surface area contributed by atoms with E-state index in [1.54, 1.807) is 0 Å². The highest BCUT2D eigenvalue weighted by atomic mass is 19.3. The highest BCUT2D eigenvalue weighted by Gasteiger charge is 2.38. The van der Waals surface area contributed by atoms with Gasteiger partial charge in [0.2, 0.25) is 0 Å². The van der Waals surface area contributed by atoms with Crippen molar-refractivity contribution in [3.05, 3.63) is 0 Å². The number of hydrogen-bond donors (Lipinski definition) is 3. The van der Waals surface area contributed by atoms with Gasteiger partial charge in [0.15, 0.2) is 0 Å². The Balaban J connectivity index is 2.29. The Bertz CT molecular complexity index is 223. The molecule has 0 spiro atoms. The molecule has 0 heterocycles. The lowest BCUT2D eigenvalue weighted by Crippen LogP contribution is -2.51. The van der Waals surface area contributed by atoms with Crippen LogP contribution in [-0.4, -0.2) is 41.3 Å². The smallest absolute Gasteiger partial charge is 0.308 e. The van der Waals surface area contributed by atoms with Crippen molar-refractivity contribution in [2.45, 2.75) is 24.8 Å². The summed E-state index contributed by atoms with van der Waals surface area (Å²) in [5, 5.41) is 19.3. The van der Waals surface area contributed by atoms with Gasteiger partial charge in [-0.3, -0.25) is 4.79 Å². The lowest BCUT2D eigenvalue weighted by Gasteiger charge is -2.35. The Morgan fingerprint density at radius 2 is 2.14 bits per heavy atom. The molecular formula is C8H13F2NO3. The number of aliphatic hydroxyl groups is 1. The average Bonchev–Trinajstić information content (AvgIpc) is 2.01. The molecule has 2 atom stereocenters. The number of hydrogen-bond acceptors (Lipinski definition) is 3. The van der Waals surface area contributed by atoms with Crippen LogP contribution in [0.3, 0.4) is 0 Å². The van der Waals surface area contributed by atoms with E-state index in [4.69, 9.17) is 10.2 Å². The Hall–Kier alpha value is -0.750. The van der Waals surface area contributed by atoms with Crippen LogP contribution in [0.15, 0.2) is 0 Å². The molecule has 4 nitrogen and oxygen atoms in total. The number of alkyl halides is 2. The summed E-state index contributed by atoms with van der Waals surface area (Å²) in [6.07, 6.45) is 1.12. The topological polar surface area (TPSA) is 69.6 Å². The third-order valence-corrected chi connectivity index (χ3v) is 2.45. The molecule has 0 amide bonds. The van der Waals surface area contributed by atoms with Crippen LogP contribution in [0.5, 0.6) is 0 Å². The maximum Gasteiger partial charge on any atom is 0.308 e. The van der Waals surface area contributed by atoms with E-state index in [0.29, 0.717) is 12.8 Å². The molecule has 0 aromatic carbocycles. The van der Waals surface area contributed by atoms with Gasteiger partial charge >= 0.3 is 5.97 Å². The molecular weight excluding hydrogens is 196 g/mol. The minimum Gasteiger partial charge on any atom is -0.481 e. The number of aliphatic hydroxyl groups excluding tert-OH is 1. The van der Waals surface area contributed by atoms with Crippen LogP contribution in [0, 0.1) is 5.92 Å². The van der Waals surface area contributed by atoms with E-state index in [0.717, 1.165) is 0 Å². The van der Waals surface area contributed by atoms with Gasteiger partial charge in [-0.15, -0.1) is 0 Å². The van der Waals surface area contributed by atoms with Crippen LogP contribution < -0.4 is 5.32 Å². The summed E-state index contributed by atoms with van der Waals surface area (Å²) >= 11 is 0. The van der Waals surface area contributed by atoms with Crippen molar-refractivity contribution < 1.29 is 23.8 Å². The van der Waals surface area contributed by atoms with Crippen molar-refractivity contribution in [3.63, 3.8) is 0 Å². The summed E-state index contributed by atoms with van der Waals surface area (Å²) in [7, 11) is 0. The summed E-state index contributed by atoms with van der Waals surface area (Å²) in [6.45, 7) is -1.89. The van der Waals surface area contributed by atoms with E-state index in [2.05, 4.69) is 5.32 Å². The van der Waals surface area contributed by atoms with Gasteiger partial charge in [0.25, 0.3) is 5.92 Å². The number of carboxylic acid groups (broad SMARTS) is 1. The Labute approximate surface area is 79.9 Å². The molecule has 1 fully saturated rings. The fourth-order valence-corrected chi connectivity index (χ4v) is 1.38. The molecule has 14 heavy (non-hydrogen) atoms. The second-order valence-electron chi connectivity index (χ2n) is 3.52. The molecule has 1 aliphatic carbocycles. The highest BCUT2D eigenvalue weighted by Crippen LogP contribution is 2.28. The lowest BCUT2D eigenvalue weighted by molar-refractivity contribution is -0.146. The number of halogens is 2. The minimum atomic E-state index is -3.17. The number of rotatable bonds is 5. The molecule has 2 unspecified atom stereocenters. The Morgan fingerprint density at radius 1 is 1.50 bits per heavy atom. The molecule has 3 N–H and O–H groups in total. The Kier molecular flexibility index (Phi) is 3.38. The van der Waals surface area contributed by atoms with Crippen LogP contribution in [0.4, 0.5) is 8.78 Å². The number of carbonyl (C=O) groups is 1. The largest absolute Gasteiger partial charge is 0.481 e. The first-order valence-electron chi connectivity index (χ1n) is 4.41. The SMILES string of the molecule is O=C(O)C1CCC1NCC(F)(F)CO. The second-order valence-corrected chi connectivity index (χ2v) is 3.52. The molecule has 1 aliphatic rings. The zero-order valence-electron chi connectivity index (χ0n) is 7.54. The number of aliphatic carboxylic acids is 1. The van der Waals surface area contributed by atoms with Crippen molar-refractivity contribution in [3.8, 4) is 0 Å². The van der Waals surface area contributed by atoms with Gasteiger partial charge in [-0.25, -0.2) is 8.78 Å². The highest BCUT2D eigenvalue weighted by molar-refractivity contribution is 5.72. The van der Waals surface area contributed by atoms with Crippen molar-refractivity contribution in [2.75, 3.05) is 13.2 Å². The maximum atomic E-state index is 12.5. The van der Waals surface area contributed by atoms with Crippen LogP contribution in [0.2, 0.25) is 0 Å². The monoisotopic (exact) mass is 209 g/mol. The predicted octanol–water partition coefficient (Wildman–Crippen LogP) is 0.0668. The van der Waals surface area contributed by atoms with Crippen molar-refractivity contribution in [1.29, 1.82) is 0 Å². The van der Waals surface area contributed by atoms with Crippen molar-refractivity contribution >= 4 is 5.97 Å². The normalized spacial score (nSPS) is 27.1. The van der Waals surface area contributed by atoms with Gasteiger partial charge in [-0.05, 0) is 12.8 Å². The average molecular weight is 209 g/mol. The van der Waals surface area contributed by atoms with E-state index >= 15 is 0 Å². The van der Waals surface area contributed by atoms with Crippen LogP contribution in [0.1, 0.15) is 12.8 Å². The Morgan fingerprint density at radius 3 is 2.50 bits per heavy atom. The van der Waals surface area contributed by atoms with E-state index in [1.807, 2.05) is 0 Å². The van der Waals surface area contributed by atoms with Gasteiger partial charge in [0.1, 0.15) is 6.61 Å². The molecule has 0 saturated heterocycles. The summed E-state index contributed by atoms with van der Waals surface area (Å²) in [5.74, 6) is -4.69. The third kappa shape index (κ3) is 2.62. The summed E-state index contributed by atoms with van der Waals surface area (Å²) in [4.78, 5) is 10.5. The molecule has 1 rings (SSSR count). The first-order chi connectivity index (χ1) is 6.46. The van der Waals surface area contributed by atoms with E-state index < -0.39 is 31.0 Å². The lowest BCUT2D eigenvalue weighted by atomic mass is 9.79.